The van der Waals surface area contributed by atoms with Crippen LogP contribution in [-0.4, -0.2) is 68.1 Å². The first kappa shape index (κ1) is 27.2. The molecule has 0 radical (unpaired) electrons. The van der Waals surface area contributed by atoms with Gasteiger partial charge in [-0.05, 0) is 43.7 Å². The Morgan fingerprint density at radius 3 is 2.65 bits per heavy atom. The molecule has 6 rings (SSSR count). The monoisotopic (exact) mass is 571 g/mol. The number of rotatable bonds is 7. The Morgan fingerprint density at radius 1 is 1.12 bits per heavy atom. The first-order valence-electron chi connectivity index (χ1n) is 12.3. The number of carbonyl (C=O) groups is 1. The third-order valence-corrected chi connectivity index (χ3v) is 7.34. The van der Waals surface area contributed by atoms with Crippen LogP contribution in [0.15, 0.2) is 54.6 Å². The van der Waals surface area contributed by atoms with Crippen molar-refractivity contribution in [3.63, 3.8) is 0 Å². The van der Waals surface area contributed by atoms with E-state index in [1.165, 1.54) is 0 Å². The van der Waals surface area contributed by atoms with E-state index < -0.39 is 12.5 Å². The molecule has 0 aromatic carbocycles. The Balaban J connectivity index is 0.000000487. The van der Waals surface area contributed by atoms with Gasteiger partial charge in [-0.25, -0.2) is 25.0 Å². The first-order valence-corrected chi connectivity index (χ1v) is 13.3. The topological polar surface area (TPSA) is 156 Å². The summed E-state index contributed by atoms with van der Waals surface area (Å²) in [5.41, 5.74) is 2.79. The van der Waals surface area contributed by atoms with Crippen LogP contribution in [0.25, 0.3) is 22.3 Å². The summed E-state index contributed by atoms with van der Waals surface area (Å²) < 4.78 is 33.4. The number of carbonyl (C=O) groups excluding carboxylic acids is 1. The minimum atomic E-state index is -4.64. The van der Waals surface area contributed by atoms with E-state index in [-0.39, 0.29) is 0 Å². The molecule has 5 aromatic rings. The number of hydrogen-bond acceptors (Lipinski definition) is 10. The van der Waals surface area contributed by atoms with E-state index in [1.54, 1.807) is 36.5 Å². The third kappa shape index (κ3) is 6.99. The van der Waals surface area contributed by atoms with E-state index in [4.69, 9.17) is 4.79 Å². The minimum absolute atomic E-state index is 0.420. The second-order valence-electron chi connectivity index (χ2n) is 8.98. The van der Waals surface area contributed by atoms with Crippen LogP contribution < -0.4 is 5.32 Å². The summed E-state index contributed by atoms with van der Waals surface area (Å²) in [5, 5.41) is 16.6. The molecule has 208 valence electrons. The molecule has 0 spiro atoms. The number of fused-ring (bicyclic) bond motifs is 1. The average Bonchev–Trinajstić information content (AvgIpc) is 3.74. The van der Waals surface area contributed by atoms with Gasteiger partial charge in [-0.1, -0.05) is 11.8 Å². The number of nitrogens with zero attached hydrogens (tertiary/aromatic N) is 8. The molecule has 0 atom stereocenters. The van der Waals surface area contributed by atoms with Gasteiger partial charge in [0.15, 0.2) is 0 Å². The van der Waals surface area contributed by atoms with Crippen LogP contribution in [0.1, 0.15) is 31.7 Å². The maximum absolute atomic E-state index is 10.4. The molecule has 1 saturated carbocycles. The molecule has 0 saturated heterocycles. The first-order chi connectivity index (χ1) is 19.4. The number of nitrogens with one attached hydrogen (secondary N) is 3. The normalized spacial score (nSPS) is 17.3. The molecule has 0 aliphatic heterocycles. The molecule has 3 N–H and O–H groups in total. The van der Waals surface area contributed by atoms with Crippen LogP contribution in [-0.2, 0) is 4.79 Å². The van der Waals surface area contributed by atoms with E-state index in [0.29, 0.717) is 23.9 Å². The second kappa shape index (κ2) is 12.2. The fraction of sp³-hybridized carbons (Fsp3) is 0.333. The molecule has 1 aliphatic rings. The predicted octanol–water partition coefficient (Wildman–Crippen LogP) is 4.74. The van der Waals surface area contributed by atoms with Gasteiger partial charge in [-0.3, -0.25) is 14.8 Å². The van der Waals surface area contributed by atoms with Crippen LogP contribution in [0.4, 0.5) is 25.1 Å². The number of aldehydes is 1. The number of halogens is 3. The summed E-state index contributed by atoms with van der Waals surface area (Å²) in [4.78, 5) is 33.3. The summed E-state index contributed by atoms with van der Waals surface area (Å²) in [6, 6.07) is 4.20. The molecule has 40 heavy (non-hydrogen) atoms. The summed E-state index contributed by atoms with van der Waals surface area (Å²) >= 11 is 1.68. The standard InChI is InChI=1S/C22H23N11S.C2HF3O/c1-7-24-20(25-8-1)29-21-30-22(32-31-21)34-12-14-2-4-16(5-3-14)33-11-15(10-28-33)18-17-6-9-23-19(17)27-13-26-18;3-2(4,5)1-6/h1,6-11,13-14,16H,2-5,12H2,(H,23,26,27)(H2,24,25,29,30,31,32);1H. The average molecular weight is 572 g/mol. The third-order valence-electron chi connectivity index (χ3n) is 6.26. The number of aromatic nitrogens is 10. The molecule has 5 heterocycles. The van der Waals surface area contributed by atoms with E-state index >= 15 is 0 Å². The molecule has 1 fully saturated rings. The lowest BCUT2D eigenvalue weighted by atomic mass is 9.87. The Kier molecular flexibility index (Phi) is 8.33. The van der Waals surface area contributed by atoms with Gasteiger partial charge in [0.25, 0.3) is 0 Å². The Hall–Kier alpha value is -4.34. The Bertz CT molecular complexity index is 1530. The molecular weight excluding hydrogens is 547 g/mol. The molecule has 12 nitrogen and oxygen atoms in total. The van der Waals surface area contributed by atoms with Gasteiger partial charge in [0.05, 0.1) is 17.9 Å². The molecule has 0 amide bonds. The van der Waals surface area contributed by atoms with Gasteiger partial charge < -0.3 is 4.98 Å². The fourth-order valence-electron chi connectivity index (χ4n) is 4.37. The van der Waals surface area contributed by atoms with Crippen molar-refractivity contribution in [1.29, 1.82) is 0 Å². The molecule has 0 unspecified atom stereocenters. The highest BCUT2D eigenvalue weighted by atomic mass is 32.2. The van der Waals surface area contributed by atoms with Gasteiger partial charge in [0, 0.05) is 41.5 Å². The zero-order valence-electron chi connectivity index (χ0n) is 20.9. The summed E-state index contributed by atoms with van der Waals surface area (Å²) in [5.74, 6) is 2.69. The number of thioether (sulfide) groups is 1. The maximum atomic E-state index is 10.4. The van der Waals surface area contributed by atoms with E-state index in [9.17, 15) is 13.2 Å². The number of alkyl halides is 3. The van der Waals surface area contributed by atoms with Crippen LogP contribution in [0.2, 0.25) is 0 Å². The van der Waals surface area contributed by atoms with Gasteiger partial charge >= 0.3 is 6.18 Å². The summed E-state index contributed by atoms with van der Waals surface area (Å²) in [6.45, 7) is 0. The molecule has 16 heteroatoms. The quantitative estimate of drug-likeness (QED) is 0.184. The minimum Gasteiger partial charge on any atom is -0.346 e. The van der Waals surface area contributed by atoms with Crippen molar-refractivity contribution >= 4 is 41.0 Å². The van der Waals surface area contributed by atoms with Crippen molar-refractivity contribution < 1.29 is 18.0 Å². The van der Waals surface area contributed by atoms with Gasteiger partial charge in [-0.15, -0.1) is 5.10 Å². The highest BCUT2D eigenvalue weighted by Gasteiger charge is 2.25. The lowest BCUT2D eigenvalue weighted by Crippen LogP contribution is -2.19. The number of H-pyrrole nitrogens is 2. The second-order valence-corrected chi connectivity index (χ2v) is 9.97. The van der Waals surface area contributed by atoms with Crippen LogP contribution in [0.5, 0.6) is 0 Å². The fourth-order valence-corrected chi connectivity index (χ4v) is 5.35. The van der Waals surface area contributed by atoms with Crippen molar-refractivity contribution in [2.75, 3.05) is 11.1 Å². The van der Waals surface area contributed by atoms with Crippen LogP contribution in [0, 0.1) is 5.92 Å². The van der Waals surface area contributed by atoms with Crippen LogP contribution in [0.3, 0.4) is 0 Å². The number of aromatic amines is 2. The number of anilines is 2. The van der Waals surface area contributed by atoms with Gasteiger partial charge in [-0.2, -0.15) is 23.3 Å². The van der Waals surface area contributed by atoms with Crippen molar-refractivity contribution in [2.24, 2.45) is 5.92 Å². The van der Waals surface area contributed by atoms with Gasteiger partial charge in [0.2, 0.25) is 23.3 Å². The van der Waals surface area contributed by atoms with Crippen molar-refractivity contribution in [3.05, 3.63) is 49.4 Å². The molecular formula is C24H24F3N11OS. The summed E-state index contributed by atoms with van der Waals surface area (Å²) in [6.07, 6.45) is 9.72. The summed E-state index contributed by atoms with van der Waals surface area (Å²) in [7, 11) is 0. The van der Waals surface area contributed by atoms with Gasteiger partial charge in [0.1, 0.15) is 12.0 Å². The van der Waals surface area contributed by atoms with Crippen molar-refractivity contribution in [1.82, 2.24) is 49.9 Å². The van der Waals surface area contributed by atoms with E-state index in [1.807, 2.05) is 18.5 Å². The largest absolute Gasteiger partial charge is 0.446 e. The Labute approximate surface area is 229 Å². The molecule has 0 bridgehead atoms. The number of hydrogen-bond donors (Lipinski definition) is 3. The lowest BCUT2D eigenvalue weighted by molar-refractivity contribution is -0.156. The predicted molar refractivity (Wildman–Crippen MR) is 141 cm³/mol. The zero-order chi connectivity index (χ0) is 28.0. The van der Waals surface area contributed by atoms with E-state index in [0.717, 1.165) is 58.9 Å². The highest BCUT2D eigenvalue weighted by Crippen LogP contribution is 2.35. The van der Waals surface area contributed by atoms with Crippen LogP contribution >= 0.6 is 11.8 Å². The smallest absolute Gasteiger partial charge is 0.346 e. The van der Waals surface area contributed by atoms with E-state index in [2.05, 4.69) is 61.4 Å². The molecule has 5 aromatic heterocycles. The maximum Gasteiger partial charge on any atom is 0.446 e. The van der Waals surface area contributed by atoms with Crippen molar-refractivity contribution in [2.45, 2.75) is 43.1 Å². The van der Waals surface area contributed by atoms with Crippen molar-refractivity contribution in [3.8, 4) is 11.3 Å². The SMILES string of the molecule is O=CC(F)(F)F.c1cnc(Nc2nc(SCC3CCC(n4cc(-c5ncnc6[nH]ccc56)cn4)CC3)n[nH]2)nc1. The molecule has 1 aliphatic carbocycles. The highest BCUT2D eigenvalue weighted by molar-refractivity contribution is 7.99. The Morgan fingerprint density at radius 2 is 1.90 bits per heavy atom. The lowest BCUT2D eigenvalue weighted by Gasteiger charge is -2.28. The zero-order valence-corrected chi connectivity index (χ0v) is 21.7.